The van der Waals surface area contributed by atoms with Crippen LogP contribution in [0.1, 0.15) is 18.5 Å². The molecule has 1 aromatic rings. The van der Waals surface area contributed by atoms with E-state index in [0.29, 0.717) is 0 Å². The number of nitrogens with zero attached hydrogens (tertiary/aromatic N) is 1. The van der Waals surface area contributed by atoms with E-state index in [1.807, 2.05) is 19.1 Å². The summed E-state index contributed by atoms with van der Waals surface area (Å²) in [6.07, 6.45) is 2.79. The number of rotatable bonds is 2. The molecule has 2 rings (SSSR count). The molecule has 1 aliphatic rings. The summed E-state index contributed by atoms with van der Waals surface area (Å²) in [4.78, 5) is 4.17. The first-order valence-electron chi connectivity index (χ1n) is 5.74. The number of hydrogen-bond donors (Lipinski definition) is 2. The lowest BCUT2D eigenvalue weighted by Crippen LogP contribution is -2.31. The Morgan fingerprint density at radius 1 is 1.44 bits per heavy atom. The van der Waals surface area contributed by atoms with E-state index in [1.54, 1.807) is 6.20 Å². The van der Waals surface area contributed by atoms with Crippen LogP contribution in [0.3, 0.4) is 0 Å². The van der Waals surface area contributed by atoms with Crippen molar-refractivity contribution in [3.8, 4) is 5.75 Å². The van der Waals surface area contributed by atoms with E-state index in [9.17, 15) is 5.11 Å². The van der Waals surface area contributed by atoms with Crippen molar-refractivity contribution in [3.05, 3.63) is 24.0 Å². The van der Waals surface area contributed by atoms with Gasteiger partial charge in [-0.25, -0.2) is 0 Å². The molecule has 0 spiro atoms. The number of aromatic nitrogens is 1. The summed E-state index contributed by atoms with van der Waals surface area (Å²) in [6.45, 7) is 3.66. The van der Waals surface area contributed by atoms with Crippen LogP contribution in [0.2, 0.25) is 0 Å². The van der Waals surface area contributed by atoms with Gasteiger partial charge in [0.05, 0.1) is 11.8 Å². The summed E-state index contributed by atoms with van der Waals surface area (Å²) in [7, 11) is 0. The molecular formula is C12H18N2O2. The number of aryl methyl sites for hydroxylation is 1. The van der Waals surface area contributed by atoms with Crippen LogP contribution < -0.4 is 10.1 Å². The molecule has 2 N–H and O–H groups in total. The Hall–Kier alpha value is -1.13. The Kier molecular flexibility index (Phi) is 3.74. The fourth-order valence-electron chi connectivity index (χ4n) is 1.89. The van der Waals surface area contributed by atoms with Crippen molar-refractivity contribution >= 4 is 0 Å². The molecule has 2 atom stereocenters. The van der Waals surface area contributed by atoms with E-state index in [2.05, 4.69) is 10.3 Å². The molecule has 0 radical (unpaired) electrons. The van der Waals surface area contributed by atoms with Gasteiger partial charge in [0.2, 0.25) is 0 Å². The van der Waals surface area contributed by atoms with Crippen LogP contribution in [-0.2, 0) is 0 Å². The largest absolute Gasteiger partial charge is 0.486 e. The van der Waals surface area contributed by atoms with E-state index >= 15 is 0 Å². The lowest BCUT2D eigenvalue weighted by molar-refractivity contribution is 0.0344. The van der Waals surface area contributed by atoms with Crippen molar-refractivity contribution in [1.29, 1.82) is 0 Å². The zero-order valence-corrected chi connectivity index (χ0v) is 9.52. The number of pyridine rings is 1. The van der Waals surface area contributed by atoms with Gasteiger partial charge in [-0.3, -0.25) is 4.98 Å². The van der Waals surface area contributed by atoms with Crippen LogP contribution in [0.5, 0.6) is 5.75 Å². The highest BCUT2D eigenvalue weighted by Crippen LogP contribution is 2.19. The number of hydrogen-bond acceptors (Lipinski definition) is 4. The molecule has 0 amide bonds. The minimum atomic E-state index is -0.394. The predicted octanol–water partition coefficient (Wildman–Crippen LogP) is 0.882. The van der Waals surface area contributed by atoms with Crippen LogP contribution in [0, 0.1) is 6.92 Å². The number of ether oxygens (including phenoxy) is 1. The molecule has 1 saturated heterocycles. The fourth-order valence-corrected chi connectivity index (χ4v) is 1.89. The Labute approximate surface area is 95.7 Å². The third kappa shape index (κ3) is 2.71. The van der Waals surface area contributed by atoms with Crippen LogP contribution in [-0.4, -0.2) is 35.4 Å². The Balaban J connectivity index is 2.05. The van der Waals surface area contributed by atoms with Crippen molar-refractivity contribution in [3.63, 3.8) is 0 Å². The molecule has 0 saturated carbocycles. The van der Waals surface area contributed by atoms with Gasteiger partial charge in [-0.1, -0.05) is 0 Å². The molecule has 4 heteroatoms. The molecule has 1 aromatic heterocycles. The second-order valence-electron chi connectivity index (χ2n) is 4.14. The highest BCUT2D eigenvalue weighted by molar-refractivity contribution is 5.25. The predicted molar refractivity (Wildman–Crippen MR) is 61.5 cm³/mol. The van der Waals surface area contributed by atoms with Crippen molar-refractivity contribution in [2.45, 2.75) is 32.0 Å². The average molecular weight is 222 g/mol. The summed E-state index contributed by atoms with van der Waals surface area (Å²) >= 11 is 0. The smallest absolute Gasteiger partial charge is 0.141 e. The first-order valence-corrected chi connectivity index (χ1v) is 5.74. The summed E-state index contributed by atoms with van der Waals surface area (Å²) < 4.78 is 5.83. The number of nitrogens with one attached hydrogen (secondary N) is 1. The van der Waals surface area contributed by atoms with Gasteiger partial charge in [0.25, 0.3) is 0 Å². The highest BCUT2D eigenvalue weighted by Gasteiger charge is 2.23. The molecule has 1 fully saturated rings. The van der Waals surface area contributed by atoms with Gasteiger partial charge in [0, 0.05) is 6.20 Å². The minimum Gasteiger partial charge on any atom is -0.486 e. The molecule has 88 valence electrons. The van der Waals surface area contributed by atoms with E-state index in [1.165, 1.54) is 0 Å². The summed E-state index contributed by atoms with van der Waals surface area (Å²) in [5.41, 5.74) is 0.868. The van der Waals surface area contributed by atoms with Crippen molar-refractivity contribution in [1.82, 2.24) is 10.3 Å². The monoisotopic (exact) mass is 222 g/mol. The maximum Gasteiger partial charge on any atom is 0.141 e. The molecule has 0 unspecified atom stereocenters. The fraction of sp³-hybridized carbons (Fsp3) is 0.583. The molecule has 0 aromatic carbocycles. The van der Waals surface area contributed by atoms with E-state index < -0.39 is 6.10 Å². The molecule has 4 nitrogen and oxygen atoms in total. The Bertz CT molecular complexity index is 344. The molecule has 1 aliphatic heterocycles. The normalized spacial score (nSPS) is 26.1. The summed E-state index contributed by atoms with van der Waals surface area (Å²) in [6, 6.07) is 3.75. The van der Waals surface area contributed by atoms with Gasteiger partial charge >= 0.3 is 0 Å². The van der Waals surface area contributed by atoms with Gasteiger partial charge in [0.1, 0.15) is 11.9 Å². The number of aliphatic hydroxyl groups excluding tert-OH is 1. The van der Waals surface area contributed by atoms with Crippen LogP contribution >= 0.6 is 0 Å². The van der Waals surface area contributed by atoms with Gasteiger partial charge in [0.15, 0.2) is 0 Å². The topological polar surface area (TPSA) is 54.4 Å². The summed E-state index contributed by atoms with van der Waals surface area (Å²) in [5.74, 6) is 0.772. The first-order chi connectivity index (χ1) is 7.77. The lowest BCUT2D eigenvalue weighted by Gasteiger charge is -2.22. The number of aliphatic hydroxyl groups is 1. The van der Waals surface area contributed by atoms with Crippen molar-refractivity contribution < 1.29 is 9.84 Å². The first kappa shape index (κ1) is 11.4. The molecule has 16 heavy (non-hydrogen) atoms. The Morgan fingerprint density at radius 2 is 2.25 bits per heavy atom. The summed E-state index contributed by atoms with van der Waals surface area (Å²) in [5, 5.41) is 13.2. The zero-order chi connectivity index (χ0) is 11.4. The Morgan fingerprint density at radius 3 is 3.06 bits per heavy atom. The maximum absolute atomic E-state index is 9.92. The third-order valence-corrected chi connectivity index (χ3v) is 2.89. The van der Waals surface area contributed by atoms with Crippen LogP contribution in [0.15, 0.2) is 18.3 Å². The van der Waals surface area contributed by atoms with E-state index in [-0.39, 0.29) is 6.10 Å². The second kappa shape index (κ2) is 5.27. The standard InChI is InChI=1S/C12H18N2O2/c1-9-11(3-2-6-14-9)16-12-5-8-13-7-4-10(12)15/h2-3,6,10,12-13,15H,4-5,7-8H2,1H3/t10-,12-/m0/s1. The van der Waals surface area contributed by atoms with Crippen LogP contribution in [0.4, 0.5) is 0 Å². The maximum atomic E-state index is 9.92. The lowest BCUT2D eigenvalue weighted by atomic mass is 10.1. The van der Waals surface area contributed by atoms with Gasteiger partial charge in [-0.05, 0) is 45.0 Å². The van der Waals surface area contributed by atoms with Gasteiger partial charge in [-0.2, -0.15) is 0 Å². The average Bonchev–Trinajstić information content (AvgIpc) is 2.48. The second-order valence-corrected chi connectivity index (χ2v) is 4.14. The van der Waals surface area contributed by atoms with Crippen LogP contribution in [0.25, 0.3) is 0 Å². The van der Waals surface area contributed by atoms with E-state index in [4.69, 9.17) is 4.74 Å². The molecule has 0 bridgehead atoms. The van der Waals surface area contributed by atoms with Gasteiger partial charge in [-0.15, -0.1) is 0 Å². The zero-order valence-electron chi connectivity index (χ0n) is 9.52. The van der Waals surface area contributed by atoms with Gasteiger partial charge < -0.3 is 15.2 Å². The van der Waals surface area contributed by atoms with Crippen molar-refractivity contribution in [2.24, 2.45) is 0 Å². The molecule has 2 heterocycles. The molecule has 0 aliphatic carbocycles. The molecular weight excluding hydrogens is 204 g/mol. The minimum absolute atomic E-state index is 0.127. The van der Waals surface area contributed by atoms with E-state index in [0.717, 1.165) is 37.4 Å². The third-order valence-electron chi connectivity index (χ3n) is 2.89. The van der Waals surface area contributed by atoms with Crippen molar-refractivity contribution in [2.75, 3.05) is 13.1 Å². The highest BCUT2D eigenvalue weighted by atomic mass is 16.5. The SMILES string of the molecule is Cc1ncccc1O[C@H]1CCNCC[C@@H]1O. The quantitative estimate of drug-likeness (QED) is 0.780.